The second kappa shape index (κ2) is 9.93. The highest BCUT2D eigenvalue weighted by molar-refractivity contribution is 5.65. The molecule has 3 N–H and O–H groups in total. The minimum Gasteiger partial charge on any atom is -0.397 e. The summed E-state index contributed by atoms with van der Waals surface area (Å²) in [5.41, 5.74) is 7.95. The summed E-state index contributed by atoms with van der Waals surface area (Å²) in [6.45, 7) is 8.15. The largest absolute Gasteiger partial charge is 0.397 e. The lowest BCUT2D eigenvalue weighted by atomic mass is 9.91. The molecule has 24 heavy (non-hydrogen) atoms. The van der Waals surface area contributed by atoms with E-state index in [0.29, 0.717) is 12.1 Å². The molecular formula is C21H37N3. The summed E-state index contributed by atoms with van der Waals surface area (Å²) in [4.78, 5) is 2.81. The van der Waals surface area contributed by atoms with Crippen LogP contribution in [-0.2, 0) is 0 Å². The molecule has 1 aromatic carbocycles. The first-order valence-corrected chi connectivity index (χ1v) is 9.99. The fourth-order valence-corrected chi connectivity index (χ4v) is 4.26. The molecule has 1 aliphatic heterocycles. The van der Waals surface area contributed by atoms with Gasteiger partial charge in [-0.2, -0.15) is 0 Å². The quantitative estimate of drug-likeness (QED) is 0.477. The smallest absolute Gasteiger partial charge is 0.0573 e. The number of unbranched alkanes of at least 4 members (excludes halogenated alkanes) is 2. The zero-order valence-corrected chi connectivity index (χ0v) is 15.9. The van der Waals surface area contributed by atoms with Gasteiger partial charge < -0.3 is 11.1 Å². The van der Waals surface area contributed by atoms with Crippen molar-refractivity contribution in [2.24, 2.45) is 0 Å². The Morgan fingerprint density at radius 2 is 2.04 bits per heavy atom. The number of likely N-dealkylation sites (tertiary alicyclic amines) is 1. The molecule has 2 rings (SSSR count). The monoisotopic (exact) mass is 331 g/mol. The maximum Gasteiger partial charge on any atom is 0.0573 e. The average molecular weight is 332 g/mol. The standard InChI is InChI=1S/C21H37N3/c1-4-5-6-10-17(2)24-18(3)11-9-12-19(24)15-16-23-21-14-8-7-13-20(21)22/h7-8,13-14,17-19,23H,4-6,9-12,15-16,22H2,1-3H3/t17-,18-,19-/m0/s1. The number of benzene rings is 1. The molecule has 3 nitrogen and oxygen atoms in total. The van der Waals surface area contributed by atoms with E-state index >= 15 is 0 Å². The molecule has 1 aromatic rings. The molecule has 0 radical (unpaired) electrons. The molecular weight excluding hydrogens is 294 g/mol. The number of nitrogens with zero attached hydrogens (tertiary/aromatic N) is 1. The van der Waals surface area contributed by atoms with Crippen LogP contribution in [0.5, 0.6) is 0 Å². The van der Waals surface area contributed by atoms with Gasteiger partial charge in [-0.15, -0.1) is 0 Å². The summed E-state index contributed by atoms with van der Waals surface area (Å²) >= 11 is 0. The van der Waals surface area contributed by atoms with Crippen molar-refractivity contribution < 1.29 is 0 Å². The summed E-state index contributed by atoms with van der Waals surface area (Å²) in [5, 5.41) is 3.54. The van der Waals surface area contributed by atoms with E-state index in [1.54, 1.807) is 0 Å². The molecule has 136 valence electrons. The molecule has 1 fully saturated rings. The van der Waals surface area contributed by atoms with Gasteiger partial charge in [-0.25, -0.2) is 0 Å². The van der Waals surface area contributed by atoms with E-state index in [-0.39, 0.29) is 0 Å². The fraction of sp³-hybridized carbons (Fsp3) is 0.714. The van der Waals surface area contributed by atoms with E-state index in [4.69, 9.17) is 5.73 Å². The van der Waals surface area contributed by atoms with Crippen molar-refractivity contribution in [2.75, 3.05) is 17.6 Å². The van der Waals surface area contributed by atoms with Crippen LogP contribution in [-0.4, -0.2) is 29.6 Å². The van der Waals surface area contributed by atoms with Crippen molar-refractivity contribution in [3.63, 3.8) is 0 Å². The summed E-state index contributed by atoms with van der Waals surface area (Å²) in [7, 11) is 0. The topological polar surface area (TPSA) is 41.3 Å². The Morgan fingerprint density at radius 1 is 1.25 bits per heavy atom. The zero-order chi connectivity index (χ0) is 17.4. The molecule has 0 amide bonds. The molecule has 0 aliphatic carbocycles. The van der Waals surface area contributed by atoms with Gasteiger partial charge in [-0.3, -0.25) is 4.90 Å². The van der Waals surface area contributed by atoms with Gasteiger partial charge in [0.15, 0.2) is 0 Å². The van der Waals surface area contributed by atoms with Crippen LogP contribution in [0.25, 0.3) is 0 Å². The molecule has 1 aliphatic rings. The highest BCUT2D eigenvalue weighted by Gasteiger charge is 2.30. The van der Waals surface area contributed by atoms with Crippen LogP contribution < -0.4 is 11.1 Å². The minimum atomic E-state index is 0.707. The van der Waals surface area contributed by atoms with Crippen LogP contribution >= 0.6 is 0 Å². The number of rotatable bonds is 9. The summed E-state index contributed by atoms with van der Waals surface area (Å²) in [6, 6.07) is 10.2. The lowest BCUT2D eigenvalue weighted by molar-refractivity contribution is 0.0458. The highest BCUT2D eigenvalue weighted by Crippen LogP contribution is 2.29. The zero-order valence-electron chi connectivity index (χ0n) is 15.9. The molecule has 3 heteroatoms. The maximum absolute atomic E-state index is 6.03. The third-order valence-corrected chi connectivity index (χ3v) is 5.58. The van der Waals surface area contributed by atoms with Gasteiger partial charge >= 0.3 is 0 Å². The lowest BCUT2D eigenvalue weighted by Gasteiger charge is -2.45. The molecule has 0 saturated carbocycles. The first kappa shape index (κ1) is 19.1. The van der Waals surface area contributed by atoms with Crippen LogP contribution in [0.15, 0.2) is 24.3 Å². The van der Waals surface area contributed by atoms with E-state index in [1.807, 2.05) is 18.2 Å². The number of hydrogen-bond donors (Lipinski definition) is 2. The maximum atomic E-state index is 6.03. The van der Waals surface area contributed by atoms with Crippen LogP contribution in [0.2, 0.25) is 0 Å². The number of hydrogen-bond acceptors (Lipinski definition) is 3. The van der Waals surface area contributed by atoms with Gasteiger partial charge in [-0.05, 0) is 51.7 Å². The molecule has 0 unspecified atom stereocenters. The Labute approximate surface area is 149 Å². The Hall–Kier alpha value is -1.22. The predicted molar refractivity (Wildman–Crippen MR) is 107 cm³/mol. The number of nitrogens with two attached hydrogens (primary N) is 1. The van der Waals surface area contributed by atoms with Gasteiger partial charge in [0, 0.05) is 24.7 Å². The minimum absolute atomic E-state index is 0.707. The Balaban J connectivity index is 1.87. The van der Waals surface area contributed by atoms with Crippen molar-refractivity contribution in [1.82, 2.24) is 4.90 Å². The molecule has 0 bridgehead atoms. The van der Waals surface area contributed by atoms with Crippen molar-refractivity contribution in [2.45, 2.75) is 90.3 Å². The Kier molecular flexibility index (Phi) is 7.90. The summed E-state index contributed by atoms with van der Waals surface area (Å²) < 4.78 is 0. The van der Waals surface area contributed by atoms with E-state index in [9.17, 15) is 0 Å². The van der Waals surface area contributed by atoms with Crippen molar-refractivity contribution in [3.8, 4) is 0 Å². The number of para-hydroxylation sites is 2. The molecule has 3 atom stereocenters. The first-order chi connectivity index (χ1) is 11.6. The van der Waals surface area contributed by atoms with E-state index in [1.165, 1.54) is 51.4 Å². The number of piperidine rings is 1. The average Bonchev–Trinajstić information content (AvgIpc) is 2.57. The number of anilines is 2. The van der Waals surface area contributed by atoms with Gasteiger partial charge in [-0.1, -0.05) is 44.7 Å². The van der Waals surface area contributed by atoms with E-state index < -0.39 is 0 Å². The second-order valence-corrected chi connectivity index (χ2v) is 7.53. The van der Waals surface area contributed by atoms with Gasteiger partial charge in [0.1, 0.15) is 0 Å². The fourth-order valence-electron chi connectivity index (χ4n) is 4.26. The van der Waals surface area contributed by atoms with E-state index in [0.717, 1.165) is 24.0 Å². The third kappa shape index (κ3) is 5.41. The van der Waals surface area contributed by atoms with Gasteiger partial charge in [0.05, 0.1) is 11.4 Å². The summed E-state index contributed by atoms with van der Waals surface area (Å²) in [6.07, 6.45) is 10.7. The van der Waals surface area contributed by atoms with Crippen LogP contribution in [0.1, 0.15) is 72.1 Å². The van der Waals surface area contributed by atoms with Crippen molar-refractivity contribution in [3.05, 3.63) is 24.3 Å². The summed E-state index contributed by atoms with van der Waals surface area (Å²) in [5.74, 6) is 0. The normalized spacial score (nSPS) is 23.1. The first-order valence-electron chi connectivity index (χ1n) is 9.99. The highest BCUT2D eigenvalue weighted by atomic mass is 15.2. The van der Waals surface area contributed by atoms with Crippen LogP contribution in [0, 0.1) is 0 Å². The Bertz CT molecular complexity index is 474. The molecule has 1 heterocycles. The number of nitrogen functional groups attached to an aromatic ring is 1. The predicted octanol–water partition coefficient (Wildman–Crippen LogP) is 5.28. The van der Waals surface area contributed by atoms with E-state index in [2.05, 4.69) is 37.1 Å². The SMILES string of the molecule is CCCCC[C@H](C)N1[C@H](CCNc2ccccc2N)CCC[C@@H]1C. The molecule has 0 aromatic heterocycles. The van der Waals surface area contributed by atoms with Crippen molar-refractivity contribution >= 4 is 11.4 Å². The molecule has 1 saturated heterocycles. The Morgan fingerprint density at radius 3 is 2.79 bits per heavy atom. The third-order valence-electron chi connectivity index (χ3n) is 5.58. The van der Waals surface area contributed by atoms with Crippen LogP contribution in [0.4, 0.5) is 11.4 Å². The lowest BCUT2D eigenvalue weighted by Crippen LogP contribution is -2.50. The van der Waals surface area contributed by atoms with Crippen molar-refractivity contribution in [1.29, 1.82) is 0 Å². The number of nitrogens with one attached hydrogen (secondary N) is 1. The van der Waals surface area contributed by atoms with Gasteiger partial charge in [0.25, 0.3) is 0 Å². The molecule has 0 spiro atoms. The second-order valence-electron chi connectivity index (χ2n) is 7.53. The van der Waals surface area contributed by atoms with Gasteiger partial charge in [0.2, 0.25) is 0 Å². The van der Waals surface area contributed by atoms with Crippen LogP contribution in [0.3, 0.4) is 0 Å².